The summed E-state index contributed by atoms with van der Waals surface area (Å²) in [4.78, 5) is 35.5. The van der Waals surface area contributed by atoms with E-state index < -0.39 is 5.92 Å². The van der Waals surface area contributed by atoms with Crippen molar-refractivity contribution in [3.63, 3.8) is 0 Å². The molecule has 0 spiro atoms. The van der Waals surface area contributed by atoms with E-state index in [1.807, 2.05) is 38.1 Å². The molecule has 2 heterocycles. The summed E-state index contributed by atoms with van der Waals surface area (Å²) in [6, 6.07) is 12.8. The number of methoxy groups -OCH3 is 2. The van der Waals surface area contributed by atoms with Crippen LogP contribution in [0.1, 0.15) is 32.1 Å². The van der Waals surface area contributed by atoms with Gasteiger partial charge in [-0.15, -0.1) is 0 Å². The molecular formula is C24H28N4O4. The van der Waals surface area contributed by atoms with Gasteiger partial charge >= 0.3 is 0 Å². The van der Waals surface area contributed by atoms with Gasteiger partial charge < -0.3 is 24.7 Å². The van der Waals surface area contributed by atoms with Gasteiger partial charge in [0, 0.05) is 19.0 Å². The Hall–Kier alpha value is -3.55. The molecule has 32 heavy (non-hydrogen) atoms. The lowest BCUT2D eigenvalue weighted by atomic mass is 10.0. The van der Waals surface area contributed by atoms with E-state index in [1.165, 1.54) is 0 Å². The van der Waals surface area contributed by atoms with Gasteiger partial charge in [0.25, 0.3) is 0 Å². The molecule has 0 saturated carbocycles. The summed E-state index contributed by atoms with van der Waals surface area (Å²) < 4.78 is 10.7. The molecule has 1 unspecified atom stereocenters. The molecule has 0 bridgehead atoms. The van der Waals surface area contributed by atoms with E-state index in [2.05, 4.69) is 15.3 Å². The van der Waals surface area contributed by atoms with Crippen LogP contribution in [0.3, 0.4) is 0 Å². The number of fused-ring (bicyclic) bond motifs is 1. The number of rotatable bonds is 7. The first-order chi connectivity index (χ1) is 15.4. The van der Waals surface area contributed by atoms with Gasteiger partial charge in [0.05, 0.1) is 42.9 Å². The highest BCUT2D eigenvalue weighted by molar-refractivity contribution is 6.01. The van der Waals surface area contributed by atoms with Crippen molar-refractivity contribution in [1.29, 1.82) is 0 Å². The maximum atomic E-state index is 13.1. The zero-order valence-corrected chi connectivity index (χ0v) is 18.7. The predicted molar refractivity (Wildman–Crippen MR) is 122 cm³/mol. The maximum Gasteiger partial charge on any atom is 0.227 e. The maximum absolute atomic E-state index is 13.1. The van der Waals surface area contributed by atoms with Crippen molar-refractivity contribution in [1.82, 2.24) is 15.3 Å². The van der Waals surface area contributed by atoms with Gasteiger partial charge in [-0.1, -0.05) is 26.0 Å². The topological polar surface area (TPSA) is 96.5 Å². The number of hydrogen-bond acceptors (Lipinski definition) is 5. The first kappa shape index (κ1) is 21.7. The van der Waals surface area contributed by atoms with Crippen LogP contribution in [0.25, 0.3) is 11.0 Å². The van der Waals surface area contributed by atoms with E-state index in [9.17, 15) is 9.59 Å². The van der Waals surface area contributed by atoms with E-state index in [4.69, 9.17) is 9.47 Å². The van der Waals surface area contributed by atoms with Crippen molar-refractivity contribution in [2.45, 2.75) is 26.3 Å². The summed E-state index contributed by atoms with van der Waals surface area (Å²) in [5, 5.41) is 3.11. The van der Waals surface area contributed by atoms with Crippen molar-refractivity contribution in [3.05, 3.63) is 48.3 Å². The second-order valence-electron chi connectivity index (χ2n) is 8.31. The standard InChI is InChI=1S/C24H28N4O4/c1-14(2)22(23-25-17-7-5-6-8-18(17)26-23)27-24(30)15-11-21(29)28(13-15)19-10-9-16(31-3)12-20(19)32-4/h5-10,12,14-15,22H,11,13H2,1-4H3,(H,25,26)(H,27,30)/t15?,22-/m0/s1. The van der Waals surface area contributed by atoms with Gasteiger partial charge in [-0.2, -0.15) is 0 Å². The van der Waals surface area contributed by atoms with Crippen LogP contribution in [-0.2, 0) is 9.59 Å². The highest BCUT2D eigenvalue weighted by Crippen LogP contribution is 2.36. The van der Waals surface area contributed by atoms with Crippen LogP contribution in [0.5, 0.6) is 11.5 Å². The van der Waals surface area contributed by atoms with Crippen LogP contribution in [0.4, 0.5) is 5.69 Å². The van der Waals surface area contributed by atoms with Crippen molar-refractivity contribution < 1.29 is 19.1 Å². The summed E-state index contributed by atoms with van der Waals surface area (Å²) in [7, 11) is 3.12. The number of amides is 2. The van der Waals surface area contributed by atoms with Crippen LogP contribution in [-0.4, -0.2) is 42.5 Å². The smallest absolute Gasteiger partial charge is 0.227 e. The Morgan fingerprint density at radius 2 is 1.97 bits per heavy atom. The minimum absolute atomic E-state index is 0.113. The van der Waals surface area contributed by atoms with Crippen LogP contribution >= 0.6 is 0 Å². The first-order valence-electron chi connectivity index (χ1n) is 10.7. The number of H-pyrrole nitrogens is 1. The molecule has 168 valence electrons. The third-order valence-corrected chi connectivity index (χ3v) is 5.84. The lowest BCUT2D eigenvalue weighted by molar-refractivity contribution is -0.127. The molecule has 8 heteroatoms. The fourth-order valence-corrected chi connectivity index (χ4v) is 4.07. The fraction of sp³-hybridized carbons (Fsp3) is 0.375. The lowest BCUT2D eigenvalue weighted by Crippen LogP contribution is -2.38. The summed E-state index contributed by atoms with van der Waals surface area (Å²) in [6.07, 6.45) is 0.145. The fourth-order valence-electron chi connectivity index (χ4n) is 4.07. The van der Waals surface area contributed by atoms with Crippen LogP contribution in [0.15, 0.2) is 42.5 Å². The number of imidazole rings is 1. The molecule has 2 aromatic carbocycles. The Morgan fingerprint density at radius 1 is 1.19 bits per heavy atom. The van der Waals surface area contributed by atoms with Gasteiger partial charge in [-0.05, 0) is 30.2 Å². The summed E-state index contributed by atoms with van der Waals surface area (Å²) in [5.41, 5.74) is 2.42. The minimum atomic E-state index is -0.458. The summed E-state index contributed by atoms with van der Waals surface area (Å²) >= 11 is 0. The van der Waals surface area contributed by atoms with Crippen LogP contribution in [0, 0.1) is 11.8 Å². The minimum Gasteiger partial charge on any atom is -0.497 e. The number of nitrogens with one attached hydrogen (secondary N) is 2. The molecule has 1 aliphatic rings. The van der Waals surface area contributed by atoms with Gasteiger partial charge in [0.2, 0.25) is 11.8 Å². The summed E-state index contributed by atoms with van der Waals surface area (Å²) in [5.74, 6) is 1.27. The second-order valence-corrected chi connectivity index (χ2v) is 8.31. The molecule has 2 atom stereocenters. The Kier molecular flexibility index (Phi) is 6.03. The highest BCUT2D eigenvalue weighted by Gasteiger charge is 2.37. The van der Waals surface area contributed by atoms with Gasteiger partial charge in [-0.3, -0.25) is 9.59 Å². The molecular weight excluding hydrogens is 408 g/mol. The Morgan fingerprint density at radius 3 is 2.66 bits per heavy atom. The molecule has 3 aromatic rings. The van der Waals surface area contributed by atoms with E-state index in [-0.39, 0.29) is 36.7 Å². The first-order valence-corrected chi connectivity index (χ1v) is 10.7. The number of aromatic nitrogens is 2. The largest absolute Gasteiger partial charge is 0.497 e. The second kappa shape index (κ2) is 8.90. The van der Waals surface area contributed by atoms with Crippen molar-refractivity contribution in [2.75, 3.05) is 25.7 Å². The molecule has 1 fully saturated rings. The Bertz CT molecular complexity index is 1110. The highest BCUT2D eigenvalue weighted by atomic mass is 16.5. The number of carbonyl (C=O) groups excluding carboxylic acids is 2. The zero-order valence-electron chi connectivity index (χ0n) is 18.7. The summed E-state index contributed by atoms with van der Waals surface area (Å²) in [6.45, 7) is 4.36. The monoisotopic (exact) mass is 436 g/mol. The third-order valence-electron chi connectivity index (χ3n) is 5.84. The Balaban J connectivity index is 1.51. The van der Waals surface area contributed by atoms with Crippen molar-refractivity contribution in [3.8, 4) is 11.5 Å². The van der Waals surface area contributed by atoms with E-state index >= 15 is 0 Å². The van der Waals surface area contributed by atoms with Gasteiger partial charge in [0.1, 0.15) is 17.3 Å². The average molecular weight is 437 g/mol. The molecule has 1 saturated heterocycles. The molecule has 4 rings (SSSR count). The average Bonchev–Trinajstić information content (AvgIpc) is 3.40. The number of hydrogen-bond donors (Lipinski definition) is 2. The number of para-hydroxylation sites is 2. The van der Waals surface area contributed by atoms with Gasteiger partial charge in [0.15, 0.2) is 0 Å². The quantitative estimate of drug-likeness (QED) is 0.591. The lowest BCUT2D eigenvalue weighted by Gasteiger charge is -2.23. The molecule has 1 aromatic heterocycles. The Labute approximate surface area is 186 Å². The SMILES string of the molecule is COc1ccc(N2CC(C(=O)N[C@H](c3nc4ccccc4[nH]3)C(C)C)CC2=O)c(OC)c1. The molecule has 0 aliphatic carbocycles. The normalized spacial score (nSPS) is 17.1. The van der Waals surface area contributed by atoms with Gasteiger partial charge in [-0.25, -0.2) is 4.98 Å². The molecule has 8 nitrogen and oxygen atoms in total. The predicted octanol–water partition coefficient (Wildman–Crippen LogP) is 3.45. The number of carbonyl (C=O) groups is 2. The van der Waals surface area contributed by atoms with E-state index in [1.54, 1.807) is 37.3 Å². The van der Waals surface area contributed by atoms with E-state index in [0.717, 1.165) is 11.0 Å². The number of ether oxygens (including phenoxy) is 2. The van der Waals surface area contributed by atoms with Crippen molar-refractivity contribution >= 4 is 28.5 Å². The third kappa shape index (κ3) is 4.12. The van der Waals surface area contributed by atoms with Crippen molar-refractivity contribution in [2.24, 2.45) is 11.8 Å². The molecule has 1 aliphatic heterocycles. The number of aromatic amines is 1. The molecule has 2 amide bonds. The van der Waals surface area contributed by atoms with Crippen LogP contribution in [0.2, 0.25) is 0 Å². The molecule has 2 N–H and O–H groups in total. The number of anilines is 1. The number of nitrogens with zero attached hydrogens (tertiary/aromatic N) is 2. The van der Waals surface area contributed by atoms with Crippen LogP contribution < -0.4 is 19.7 Å². The number of benzene rings is 2. The zero-order chi connectivity index (χ0) is 22.8. The molecule has 0 radical (unpaired) electrons. The van der Waals surface area contributed by atoms with E-state index in [0.29, 0.717) is 23.0 Å².